The molecule has 31 heavy (non-hydrogen) atoms. The van der Waals surface area contributed by atoms with E-state index < -0.39 is 0 Å². The van der Waals surface area contributed by atoms with E-state index in [1.807, 2.05) is 12.1 Å². The number of carbonyl (C=O) groups is 1. The highest BCUT2D eigenvalue weighted by Gasteiger charge is 2.17. The number of aromatic nitrogens is 2. The van der Waals surface area contributed by atoms with Gasteiger partial charge in [0.05, 0.1) is 17.4 Å². The normalized spacial score (nSPS) is 14.5. The van der Waals surface area contributed by atoms with Crippen molar-refractivity contribution in [1.29, 1.82) is 0 Å². The van der Waals surface area contributed by atoms with E-state index in [4.69, 9.17) is 0 Å². The van der Waals surface area contributed by atoms with E-state index in [1.54, 1.807) is 24.5 Å². The zero-order valence-electron chi connectivity index (χ0n) is 18.1. The highest BCUT2D eigenvalue weighted by Crippen LogP contribution is 2.32. The molecule has 1 fully saturated rings. The van der Waals surface area contributed by atoms with Crippen LogP contribution in [0.3, 0.4) is 0 Å². The maximum Gasteiger partial charge on any atom is 0.258 e. The molecule has 1 N–H and O–H groups in total. The van der Waals surface area contributed by atoms with Gasteiger partial charge >= 0.3 is 0 Å². The minimum absolute atomic E-state index is 0.186. The Hall–Kier alpha value is -2.90. The lowest BCUT2D eigenvalue weighted by Gasteiger charge is -2.33. The van der Waals surface area contributed by atoms with Gasteiger partial charge in [-0.1, -0.05) is 29.5 Å². The van der Waals surface area contributed by atoms with Crippen molar-refractivity contribution in [3.63, 3.8) is 0 Å². The van der Waals surface area contributed by atoms with E-state index in [0.717, 1.165) is 36.9 Å². The first-order valence-corrected chi connectivity index (χ1v) is 11.2. The predicted octanol–water partition coefficient (Wildman–Crippen LogP) is 4.25. The van der Waals surface area contributed by atoms with E-state index in [9.17, 15) is 4.79 Å². The van der Waals surface area contributed by atoms with Gasteiger partial charge in [0.25, 0.3) is 5.91 Å². The molecule has 1 saturated heterocycles. The van der Waals surface area contributed by atoms with Gasteiger partial charge in [0, 0.05) is 37.3 Å². The lowest BCUT2D eigenvalue weighted by atomic mass is 10.2. The summed E-state index contributed by atoms with van der Waals surface area (Å²) in [6.45, 7) is 8.13. The van der Waals surface area contributed by atoms with E-state index in [0.29, 0.717) is 16.3 Å². The monoisotopic (exact) mass is 433 g/mol. The number of amides is 1. The maximum atomic E-state index is 13.0. The summed E-state index contributed by atoms with van der Waals surface area (Å²) in [7, 11) is 2.13. The number of hydrogen-bond donors (Lipinski definition) is 1. The first-order chi connectivity index (χ1) is 15.0. The highest BCUT2D eigenvalue weighted by molar-refractivity contribution is 7.99. The van der Waals surface area contributed by atoms with Gasteiger partial charge in [-0.05, 0) is 56.8 Å². The molecule has 160 valence electrons. The Labute approximate surface area is 187 Å². The summed E-state index contributed by atoms with van der Waals surface area (Å²) in [4.78, 5) is 27.7. The molecule has 4 rings (SSSR count). The van der Waals surface area contributed by atoms with E-state index in [-0.39, 0.29) is 5.91 Å². The Morgan fingerprint density at radius 3 is 2.55 bits per heavy atom. The van der Waals surface area contributed by atoms with Gasteiger partial charge in [-0.25, -0.2) is 9.97 Å². The molecule has 1 amide bonds. The fourth-order valence-electron chi connectivity index (χ4n) is 3.54. The molecule has 1 aromatic carbocycles. The highest BCUT2D eigenvalue weighted by atomic mass is 32.2. The molecule has 0 aliphatic carbocycles. The summed E-state index contributed by atoms with van der Waals surface area (Å²) in [5, 5.41) is 3.65. The summed E-state index contributed by atoms with van der Waals surface area (Å²) in [6.07, 6.45) is 3.44. The number of nitrogens with one attached hydrogen (secondary N) is 1. The van der Waals surface area contributed by atoms with Crippen molar-refractivity contribution < 1.29 is 4.79 Å². The molecule has 0 saturated carbocycles. The Balaban J connectivity index is 1.46. The third-order valence-electron chi connectivity index (χ3n) is 5.39. The van der Waals surface area contributed by atoms with Gasteiger partial charge in [-0.3, -0.25) is 4.79 Å². The molecule has 7 heteroatoms. The molecule has 3 heterocycles. The van der Waals surface area contributed by atoms with Gasteiger partial charge in [-0.15, -0.1) is 0 Å². The van der Waals surface area contributed by atoms with Crippen molar-refractivity contribution in [2.45, 2.75) is 23.8 Å². The fourth-order valence-corrected chi connectivity index (χ4v) is 4.49. The van der Waals surface area contributed by atoms with Crippen LogP contribution in [0.15, 0.2) is 64.8 Å². The Morgan fingerprint density at radius 2 is 1.84 bits per heavy atom. The number of aryl methyl sites for hydroxylation is 2. The topological polar surface area (TPSA) is 61.4 Å². The van der Waals surface area contributed by atoms with E-state index in [2.05, 4.69) is 64.2 Å². The quantitative estimate of drug-likeness (QED) is 0.649. The van der Waals surface area contributed by atoms with Crippen molar-refractivity contribution in [2.24, 2.45) is 0 Å². The van der Waals surface area contributed by atoms with Crippen molar-refractivity contribution in [3.8, 4) is 0 Å². The number of hydrogen-bond acceptors (Lipinski definition) is 6. The van der Waals surface area contributed by atoms with Gasteiger partial charge in [0.15, 0.2) is 0 Å². The summed E-state index contributed by atoms with van der Waals surface area (Å²) >= 11 is 1.51. The minimum atomic E-state index is -0.186. The lowest BCUT2D eigenvalue weighted by Crippen LogP contribution is -2.44. The Kier molecular flexibility index (Phi) is 6.53. The number of pyridine rings is 2. The molecule has 2 aromatic heterocycles. The van der Waals surface area contributed by atoms with Crippen molar-refractivity contribution in [3.05, 3.63) is 71.5 Å². The smallest absolute Gasteiger partial charge is 0.258 e. The Morgan fingerprint density at radius 1 is 1.03 bits per heavy atom. The van der Waals surface area contributed by atoms with E-state index >= 15 is 0 Å². The minimum Gasteiger partial charge on any atom is -0.354 e. The molecule has 0 atom stereocenters. The average molecular weight is 434 g/mol. The first-order valence-electron chi connectivity index (χ1n) is 10.4. The van der Waals surface area contributed by atoms with Crippen LogP contribution in [0.4, 0.5) is 11.5 Å². The van der Waals surface area contributed by atoms with Crippen LogP contribution >= 0.6 is 11.8 Å². The van der Waals surface area contributed by atoms with Gasteiger partial charge < -0.3 is 15.1 Å². The summed E-state index contributed by atoms with van der Waals surface area (Å²) < 4.78 is 0. The van der Waals surface area contributed by atoms with Crippen molar-refractivity contribution >= 4 is 29.2 Å². The van der Waals surface area contributed by atoms with E-state index in [1.165, 1.54) is 22.9 Å². The molecular formula is C24H27N5OS. The lowest BCUT2D eigenvalue weighted by molar-refractivity contribution is 0.102. The first kappa shape index (κ1) is 21.3. The molecular weight excluding hydrogens is 406 g/mol. The third kappa shape index (κ3) is 5.24. The third-order valence-corrected chi connectivity index (χ3v) is 6.58. The average Bonchev–Trinajstić information content (AvgIpc) is 2.77. The zero-order valence-corrected chi connectivity index (χ0v) is 18.9. The second-order valence-electron chi connectivity index (χ2n) is 7.88. The van der Waals surface area contributed by atoms with Crippen LogP contribution < -0.4 is 10.2 Å². The standard InChI is InChI=1S/C24H27N5OS/c1-17-6-8-21(18(2)15-17)31-24-20(5-4-10-25-24)23(30)27-19-7-9-22(26-16-19)29-13-11-28(3)12-14-29/h4-10,15-16H,11-14H2,1-3H3,(H,27,30). The number of benzene rings is 1. The van der Waals surface area contributed by atoms with Crippen LogP contribution in [0.5, 0.6) is 0 Å². The SMILES string of the molecule is Cc1ccc(Sc2ncccc2C(=O)Nc2ccc(N3CCN(C)CC3)nc2)c(C)c1. The summed E-state index contributed by atoms with van der Waals surface area (Å²) in [5.41, 5.74) is 3.61. The fraction of sp³-hybridized carbons (Fsp3) is 0.292. The van der Waals surface area contributed by atoms with Crippen LogP contribution in [-0.4, -0.2) is 54.0 Å². The molecule has 0 spiro atoms. The number of nitrogens with zero attached hydrogens (tertiary/aromatic N) is 4. The van der Waals surface area contributed by atoms with Crippen LogP contribution in [0.1, 0.15) is 21.5 Å². The molecule has 0 unspecified atom stereocenters. The summed E-state index contributed by atoms with van der Waals surface area (Å²) in [5.74, 6) is 0.757. The summed E-state index contributed by atoms with van der Waals surface area (Å²) in [6, 6.07) is 13.8. The molecule has 1 aliphatic rings. The molecule has 0 bridgehead atoms. The van der Waals surface area contributed by atoms with Gasteiger partial charge in [0.1, 0.15) is 10.8 Å². The molecule has 6 nitrogen and oxygen atoms in total. The molecule has 0 radical (unpaired) electrons. The van der Waals surface area contributed by atoms with Crippen LogP contribution in [0, 0.1) is 13.8 Å². The number of anilines is 2. The van der Waals surface area contributed by atoms with Crippen molar-refractivity contribution in [2.75, 3.05) is 43.4 Å². The zero-order chi connectivity index (χ0) is 21.8. The Bertz CT molecular complexity index is 1060. The predicted molar refractivity (Wildman–Crippen MR) is 126 cm³/mol. The van der Waals surface area contributed by atoms with Crippen LogP contribution in [0.2, 0.25) is 0 Å². The second-order valence-corrected chi connectivity index (χ2v) is 8.91. The molecule has 1 aliphatic heterocycles. The molecule has 3 aromatic rings. The number of carbonyl (C=O) groups excluding carboxylic acids is 1. The maximum absolute atomic E-state index is 13.0. The van der Waals surface area contributed by atoms with Gasteiger partial charge in [0.2, 0.25) is 0 Å². The van der Waals surface area contributed by atoms with Gasteiger partial charge in [-0.2, -0.15) is 0 Å². The number of likely N-dealkylation sites (N-methyl/N-ethyl adjacent to an activating group) is 1. The largest absolute Gasteiger partial charge is 0.354 e. The number of piperazine rings is 1. The van der Waals surface area contributed by atoms with Crippen LogP contribution in [-0.2, 0) is 0 Å². The number of rotatable bonds is 5. The van der Waals surface area contributed by atoms with Crippen LogP contribution in [0.25, 0.3) is 0 Å². The van der Waals surface area contributed by atoms with Crippen molar-refractivity contribution in [1.82, 2.24) is 14.9 Å². The second kappa shape index (κ2) is 9.49.